The predicted molar refractivity (Wildman–Crippen MR) is 94.3 cm³/mol. The fourth-order valence-corrected chi connectivity index (χ4v) is 2.24. The number of amidine groups is 1. The van der Waals surface area contributed by atoms with Crippen LogP contribution in [0.2, 0.25) is 0 Å². The minimum absolute atomic E-state index is 0.107. The number of alkyl halides is 3. The average Bonchev–Trinajstić information content (AvgIpc) is 3.36. The number of carbonyl (C=O) groups excluding carboxylic acids is 1. The van der Waals surface area contributed by atoms with Gasteiger partial charge in [0.05, 0.1) is 18.4 Å². The highest BCUT2D eigenvalue weighted by molar-refractivity contribution is 5.99. The number of carbonyl (C=O) groups is 2. The lowest BCUT2D eigenvalue weighted by Gasteiger charge is -2.06. The van der Waals surface area contributed by atoms with Crippen molar-refractivity contribution in [3.63, 3.8) is 0 Å². The highest BCUT2D eigenvalue weighted by Crippen LogP contribution is 2.13. The van der Waals surface area contributed by atoms with Crippen LogP contribution in [0.25, 0.3) is 0 Å². The maximum absolute atomic E-state index is 11.7. The first-order valence-corrected chi connectivity index (χ1v) is 8.25. The zero-order chi connectivity index (χ0) is 20.6. The number of aliphatic imine (C=N–C) groups is 1. The van der Waals surface area contributed by atoms with Crippen molar-refractivity contribution in [2.75, 3.05) is 19.6 Å². The number of halogens is 3. The number of hydrogen-bond donors (Lipinski definition) is 3. The van der Waals surface area contributed by atoms with Crippen LogP contribution in [0.4, 0.5) is 13.2 Å². The quantitative estimate of drug-likeness (QED) is 0.718. The minimum Gasteiger partial charge on any atom is -0.475 e. The van der Waals surface area contributed by atoms with E-state index in [1.165, 1.54) is 18.1 Å². The van der Waals surface area contributed by atoms with Crippen LogP contribution in [0.3, 0.4) is 0 Å². The highest BCUT2D eigenvalue weighted by Gasteiger charge is 2.38. The number of carboxylic acid groups (broad SMARTS) is 1. The molecule has 1 aromatic carbocycles. The van der Waals surface area contributed by atoms with E-state index in [0.717, 1.165) is 30.9 Å². The van der Waals surface area contributed by atoms with Crippen molar-refractivity contribution in [1.82, 2.24) is 10.6 Å². The van der Waals surface area contributed by atoms with Gasteiger partial charge in [0.15, 0.2) is 0 Å². The van der Waals surface area contributed by atoms with Gasteiger partial charge in [-0.15, -0.1) is 0 Å². The Hall–Kier alpha value is -3.30. The van der Waals surface area contributed by atoms with Crippen molar-refractivity contribution in [2.24, 2.45) is 4.99 Å². The van der Waals surface area contributed by atoms with Crippen molar-refractivity contribution >= 4 is 17.7 Å². The molecule has 2 aromatic rings. The van der Waals surface area contributed by atoms with Crippen LogP contribution in [0.15, 0.2) is 52.3 Å². The van der Waals surface area contributed by atoms with Gasteiger partial charge in [0.25, 0.3) is 5.91 Å². The Bertz CT molecular complexity index is 816. The van der Waals surface area contributed by atoms with Crippen molar-refractivity contribution < 1.29 is 32.3 Å². The molecule has 2 heterocycles. The molecule has 0 fully saturated rings. The number of nitrogens with zero attached hydrogens (tertiary/aromatic N) is 1. The third kappa shape index (κ3) is 6.45. The van der Waals surface area contributed by atoms with Gasteiger partial charge < -0.3 is 20.2 Å². The average molecular weight is 397 g/mol. The second-order valence-corrected chi connectivity index (χ2v) is 5.67. The Morgan fingerprint density at radius 3 is 2.39 bits per heavy atom. The largest absolute Gasteiger partial charge is 0.490 e. The summed E-state index contributed by atoms with van der Waals surface area (Å²) in [4.78, 5) is 25.0. The van der Waals surface area contributed by atoms with E-state index in [1.54, 1.807) is 6.07 Å². The molecule has 1 aromatic heterocycles. The lowest BCUT2D eigenvalue weighted by atomic mass is 10.1. The fraction of sp³-hybridized carbons (Fsp3) is 0.278. The zero-order valence-electron chi connectivity index (χ0n) is 14.6. The van der Waals surface area contributed by atoms with E-state index < -0.39 is 12.1 Å². The summed E-state index contributed by atoms with van der Waals surface area (Å²) in [7, 11) is 0. The van der Waals surface area contributed by atoms with Crippen LogP contribution in [-0.4, -0.2) is 48.6 Å². The van der Waals surface area contributed by atoms with Gasteiger partial charge in [-0.1, -0.05) is 24.3 Å². The Balaban J connectivity index is 0.000000345. The number of nitrogens with one attached hydrogen (secondary N) is 2. The number of rotatable bonds is 5. The molecule has 150 valence electrons. The van der Waals surface area contributed by atoms with E-state index in [0.29, 0.717) is 12.1 Å². The second-order valence-electron chi connectivity index (χ2n) is 5.67. The van der Waals surface area contributed by atoms with Crippen LogP contribution < -0.4 is 10.6 Å². The maximum atomic E-state index is 11.7. The molecule has 0 bridgehead atoms. The Morgan fingerprint density at radius 1 is 1.21 bits per heavy atom. The summed E-state index contributed by atoms with van der Waals surface area (Å²) < 4.78 is 36.6. The molecule has 28 heavy (non-hydrogen) atoms. The molecule has 0 saturated heterocycles. The summed E-state index contributed by atoms with van der Waals surface area (Å²) in [6.07, 6.45) is -1.35. The summed E-state index contributed by atoms with van der Waals surface area (Å²) in [5.41, 5.74) is 2.85. The van der Waals surface area contributed by atoms with E-state index >= 15 is 0 Å². The fourth-order valence-electron chi connectivity index (χ4n) is 2.24. The highest BCUT2D eigenvalue weighted by atomic mass is 19.4. The van der Waals surface area contributed by atoms with E-state index in [1.807, 2.05) is 0 Å². The number of amides is 1. The standard InChI is InChI=1S/C16H17N3O2.C2HF3O2/c20-16(14-6-10-21-11-14)19-7-5-12-1-3-13(4-2-12)15-17-8-9-18-15;3-2(4,5)1(6)7/h1-4,6,10-11H,5,7-9H2,(H,17,18)(H,19,20);(H,6,7). The SMILES string of the molecule is O=C(NCCc1ccc(C2=NCCN2)cc1)c1ccoc1.O=C(O)C(F)(F)F. The lowest BCUT2D eigenvalue weighted by molar-refractivity contribution is -0.192. The van der Waals surface area contributed by atoms with Crippen molar-refractivity contribution in [2.45, 2.75) is 12.6 Å². The van der Waals surface area contributed by atoms with E-state index in [-0.39, 0.29) is 5.91 Å². The van der Waals surface area contributed by atoms with E-state index in [4.69, 9.17) is 14.3 Å². The first kappa shape index (κ1) is 21.0. The van der Waals surface area contributed by atoms with Crippen LogP contribution in [-0.2, 0) is 11.2 Å². The molecule has 0 saturated carbocycles. The summed E-state index contributed by atoms with van der Waals surface area (Å²) in [6.45, 7) is 2.36. The topological polar surface area (TPSA) is 104 Å². The minimum atomic E-state index is -5.08. The van der Waals surface area contributed by atoms with Gasteiger partial charge >= 0.3 is 12.1 Å². The van der Waals surface area contributed by atoms with Crippen LogP contribution in [0, 0.1) is 0 Å². The van der Waals surface area contributed by atoms with Gasteiger partial charge in [0.1, 0.15) is 12.1 Å². The molecule has 7 nitrogen and oxygen atoms in total. The molecule has 1 amide bonds. The normalized spacial score (nSPS) is 13.0. The van der Waals surface area contributed by atoms with Crippen LogP contribution >= 0.6 is 0 Å². The molecular formula is C18H18F3N3O4. The summed E-state index contributed by atoms with van der Waals surface area (Å²) in [5.74, 6) is -1.90. The van der Waals surface area contributed by atoms with Crippen LogP contribution in [0.5, 0.6) is 0 Å². The molecule has 0 radical (unpaired) electrons. The summed E-state index contributed by atoms with van der Waals surface area (Å²) in [5, 5.41) is 13.2. The smallest absolute Gasteiger partial charge is 0.475 e. The zero-order valence-corrected chi connectivity index (χ0v) is 14.6. The van der Waals surface area contributed by atoms with Gasteiger partial charge in [0, 0.05) is 18.7 Å². The Kier molecular flexibility index (Phi) is 7.19. The molecule has 3 N–H and O–H groups in total. The molecule has 10 heteroatoms. The third-order valence-corrected chi connectivity index (χ3v) is 3.63. The molecule has 0 atom stereocenters. The molecule has 3 rings (SSSR count). The monoisotopic (exact) mass is 397 g/mol. The Labute approximate surface area is 158 Å². The van der Waals surface area contributed by atoms with Gasteiger partial charge in [-0.05, 0) is 18.1 Å². The van der Waals surface area contributed by atoms with E-state index in [9.17, 15) is 18.0 Å². The molecule has 1 aliphatic heterocycles. The second kappa shape index (κ2) is 9.58. The van der Waals surface area contributed by atoms with Crippen molar-refractivity contribution in [3.05, 3.63) is 59.5 Å². The van der Waals surface area contributed by atoms with Crippen LogP contribution in [0.1, 0.15) is 21.5 Å². The van der Waals surface area contributed by atoms with E-state index in [2.05, 4.69) is 39.9 Å². The van der Waals surface area contributed by atoms with Gasteiger partial charge in [0.2, 0.25) is 0 Å². The van der Waals surface area contributed by atoms with Gasteiger partial charge in [-0.25, -0.2) is 4.79 Å². The van der Waals surface area contributed by atoms with Gasteiger partial charge in [-0.3, -0.25) is 9.79 Å². The molecule has 1 aliphatic rings. The lowest BCUT2D eigenvalue weighted by Crippen LogP contribution is -2.25. The number of furan rings is 1. The third-order valence-electron chi connectivity index (χ3n) is 3.63. The number of hydrogen-bond acceptors (Lipinski definition) is 5. The van der Waals surface area contributed by atoms with Crippen molar-refractivity contribution in [1.29, 1.82) is 0 Å². The molecular weight excluding hydrogens is 379 g/mol. The summed E-state index contributed by atoms with van der Waals surface area (Å²) >= 11 is 0. The number of carboxylic acids is 1. The molecule has 0 spiro atoms. The maximum Gasteiger partial charge on any atom is 0.490 e. The number of aliphatic carboxylic acids is 1. The molecule has 0 aliphatic carbocycles. The molecule has 0 unspecified atom stereocenters. The van der Waals surface area contributed by atoms with Crippen molar-refractivity contribution in [3.8, 4) is 0 Å². The first-order chi connectivity index (χ1) is 13.3. The predicted octanol–water partition coefficient (Wildman–Crippen LogP) is 2.24. The van der Waals surface area contributed by atoms with Gasteiger partial charge in [-0.2, -0.15) is 13.2 Å². The summed E-state index contributed by atoms with van der Waals surface area (Å²) in [6, 6.07) is 9.91. The number of benzene rings is 1. The first-order valence-electron chi connectivity index (χ1n) is 8.25. The Morgan fingerprint density at radius 2 is 1.89 bits per heavy atom.